The molecule has 7 nitrogen and oxygen atoms in total. The van der Waals surface area contributed by atoms with Gasteiger partial charge in [0.15, 0.2) is 0 Å². The van der Waals surface area contributed by atoms with Crippen LogP contribution >= 0.6 is 91.1 Å². The molecule has 5 heterocycles. The largest absolute Gasteiger partial charge is 0.394 e. The van der Waals surface area contributed by atoms with Crippen molar-refractivity contribution in [1.29, 1.82) is 0 Å². The van der Waals surface area contributed by atoms with Crippen LogP contribution in [0.25, 0.3) is 11.3 Å². The minimum atomic E-state index is -0.446. The number of pyridine rings is 2. The summed E-state index contributed by atoms with van der Waals surface area (Å²) in [7, 11) is -1.78. The van der Waals surface area contributed by atoms with Crippen molar-refractivity contribution < 1.29 is 41.5 Å². The van der Waals surface area contributed by atoms with E-state index in [1.807, 2.05) is 30.3 Å². The maximum atomic E-state index is 5.56. The molecule has 0 saturated carbocycles. The summed E-state index contributed by atoms with van der Waals surface area (Å²) >= 11 is 17.3. The van der Waals surface area contributed by atoms with Crippen molar-refractivity contribution in [3.05, 3.63) is 458 Å². The van der Waals surface area contributed by atoms with Gasteiger partial charge in [0, 0.05) is 73.8 Å². The standard InChI is InChI=1S/4C18H15P.C9H6ClN3.C5H4N.C4H2ClIN2.C4H8O.CH4.BrH.Pd.Zn/c4*1-4-10-16(11-5-1)19(17-12-6-2-7-13-17)18-14-8-3-9-15-18;10-9-12-5-7(6-13-9)8-3-1-2-4-11-8;1-2-4-6-5-3-1;5-4-7-1-3(6)2-8-4;1-2-4-5-3-1;;;;/h4*1-15H;1-6H;1-4H;1-2H;1-4H2;1H4;1H;;/q;;;;;-1;;;;;;+2/p-1. The molecule has 16 aromatic rings. The molecule has 0 spiro atoms. The normalized spacial score (nSPS) is 10.6. The van der Waals surface area contributed by atoms with Crippen molar-refractivity contribution in [3.8, 4) is 11.3 Å². The van der Waals surface area contributed by atoms with Crippen molar-refractivity contribution in [2.75, 3.05) is 13.2 Å². The van der Waals surface area contributed by atoms with E-state index in [0.717, 1.165) is 28.0 Å². The molecule has 1 aliphatic rings. The average molecular weight is 1900 g/mol. The average Bonchev–Trinajstić information content (AvgIpc) is 0.997. The summed E-state index contributed by atoms with van der Waals surface area (Å²) in [4.78, 5) is 23.0. The fourth-order valence-corrected chi connectivity index (χ4v) is 20.5. The van der Waals surface area contributed by atoms with E-state index in [1.165, 1.54) is 92.8 Å². The first-order valence-electron chi connectivity index (χ1n) is 35.4. The van der Waals surface area contributed by atoms with Crippen LogP contribution < -0.4 is 63.7 Å². The summed E-state index contributed by atoms with van der Waals surface area (Å²) in [5.41, 5.74) is 1.71. The minimum absolute atomic E-state index is 0. The van der Waals surface area contributed by atoms with Crippen LogP contribution in [0.5, 0.6) is 0 Å². The number of nitrogens with zero attached hydrogens (tertiary/aromatic N) is 6. The van der Waals surface area contributed by atoms with Gasteiger partial charge < -0.3 is 9.72 Å². The van der Waals surface area contributed by atoms with E-state index in [1.54, 1.807) is 43.2 Å². The molecule has 0 N–H and O–H groups in total. The molecule has 17 heteroatoms. The van der Waals surface area contributed by atoms with Gasteiger partial charge in [-0.2, -0.15) is 18.2 Å². The van der Waals surface area contributed by atoms with Gasteiger partial charge in [0.1, 0.15) is 0 Å². The zero-order chi connectivity index (χ0) is 76.5. The van der Waals surface area contributed by atoms with Gasteiger partial charge >= 0.3 is 30.0 Å². The van der Waals surface area contributed by atoms with Crippen molar-refractivity contribution in [2.24, 2.45) is 0 Å². The Hall–Kier alpha value is -8.14. The summed E-state index contributed by atoms with van der Waals surface area (Å²) in [5.74, 6) is 0. The molecule has 560 valence electrons. The molecule has 0 amide bonds. The zero-order valence-electron chi connectivity index (χ0n) is 60.8. The second kappa shape index (κ2) is 55.3. The fraction of sp³-hybridized carbons (Fsp3) is 0.0526. The van der Waals surface area contributed by atoms with Crippen LogP contribution in [0, 0.1) is 9.77 Å². The van der Waals surface area contributed by atoms with Crippen molar-refractivity contribution in [2.45, 2.75) is 20.3 Å². The van der Waals surface area contributed by atoms with Crippen molar-refractivity contribution in [1.82, 2.24) is 29.9 Å². The quantitative estimate of drug-likeness (QED) is 0.0374. The third-order valence-corrected chi connectivity index (χ3v) is 26.4. The van der Waals surface area contributed by atoms with Crippen LogP contribution in [-0.4, -0.2) is 43.1 Å². The van der Waals surface area contributed by atoms with E-state index in [0.29, 0.717) is 5.28 Å². The maximum absolute atomic E-state index is 5.56. The van der Waals surface area contributed by atoms with Gasteiger partial charge in [-0.1, -0.05) is 390 Å². The molecule has 1 fully saturated rings. The number of halogens is 4. The SMILES string of the molecule is C.C1CCOC1.Clc1ncc(-c2ccccn2)cn1.Clc1ncc(I)cn1.[Pd].[Zn+][Br].[c-]1ccccn1.c1ccc(P(c2ccccc2)c2ccccc2)cc1.c1ccc(P(c2ccccc2)c2ccccc2)cc1.c1ccc(P(c2ccccc2)c2ccccc2)cc1.c1ccc(P(c2ccccc2)c2ccccc2)cc1. The van der Waals surface area contributed by atoms with Gasteiger partial charge in [0.2, 0.25) is 10.6 Å². The Labute approximate surface area is 721 Å². The number of ether oxygens (including phenoxy) is 1. The molecule has 17 rings (SSSR count). The van der Waals surface area contributed by atoms with Gasteiger partial charge in [0.05, 0.1) is 5.69 Å². The monoisotopic (exact) mass is 1890 g/mol. The topological polar surface area (TPSA) is 86.6 Å². The predicted octanol–water partition coefficient (Wildman–Crippen LogP) is 20.9. The summed E-state index contributed by atoms with van der Waals surface area (Å²) in [5, 5.41) is 17.3. The van der Waals surface area contributed by atoms with E-state index in [2.05, 4.69) is 436 Å². The van der Waals surface area contributed by atoms with Crippen LogP contribution in [0.4, 0.5) is 0 Å². The first-order chi connectivity index (χ1) is 54.4. The number of hydrogen-bond acceptors (Lipinski definition) is 7. The Morgan fingerprint density at radius 3 is 0.661 bits per heavy atom. The molecule has 0 radical (unpaired) electrons. The number of hydrogen-bond donors (Lipinski definition) is 0. The van der Waals surface area contributed by atoms with E-state index in [4.69, 9.17) is 27.9 Å². The Balaban J connectivity index is 0.000000182. The van der Waals surface area contributed by atoms with E-state index in [-0.39, 0.29) is 33.1 Å². The number of rotatable bonds is 13. The van der Waals surface area contributed by atoms with Crippen LogP contribution in [0.15, 0.2) is 438 Å². The van der Waals surface area contributed by atoms with Crippen LogP contribution in [0.1, 0.15) is 20.3 Å². The molecular weight excluding hydrogens is 1810 g/mol. The molecule has 0 aliphatic carbocycles. The molecule has 1 aliphatic heterocycles. The smallest absolute Gasteiger partial charge is 0.0134 e. The second-order valence-corrected chi connectivity index (χ2v) is 34.1. The molecule has 0 bridgehead atoms. The molecular formula is C95H84BrCl2IN6OP4PdZn. The Kier molecular flexibility index (Phi) is 45.0. The minimum Gasteiger partial charge on any atom is -0.394 e. The summed E-state index contributed by atoms with van der Waals surface area (Å²) in [6.45, 7) is 2.00. The van der Waals surface area contributed by atoms with Gasteiger partial charge in [-0.25, -0.2) is 19.9 Å². The predicted molar refractivity (Wildman–Crippen MR) is 489 cm³/mol. The van der Waals surface area contributed by atoms with Crippen molar-refractivity contribution >= 4 is 155 Å². The summed E-state index contributed by atoms with van der Waals surface area (Å²) in [6.07, 6.45) is 15.2. The first kappa shape index (κ1) is 91.0. The third-order valence-electron chi connectivity index (χ3n) is 15.7. The van der Waals surface area contributed by atoms with Crippen LogP contribution in [0.2, 0.25) is 10.6 Å². The van der Waals surface area contributed by atoms with Gasteiger partial charge in [-0.3, -0.25) is 4.98 Å². The van der Waals surface area contributed by atoms with E-state index >= 15 is 0 Å². The first-order valence-corrected chi connectivity index (χ1v) is 49.5. The number of aromatic nitrogens is 6. The van der Waals surface area contributed by atoms with Crippen LogP contribution in [0.3, 0.4) is 0 Å². The Morgan fingerprint density at radius 2 is 0.509 bits per heavy atom. The second-order valence-electron chi connectivity index (χ2n) is 23.3. The zero-order valence-corrected chi connectivity index (χ0v) is 74.2. The number of benzene rings is 12. The fourth-order valence-electron chi connectivity index (χ4n) is 10.8. The molecule has 112 heavy (non-hydrogen) atoms. The van der Waals surface area contributed by atoms with Crippen molar-refractivity contribution in [3.63, 3.8) is 0 Å². The van der Waals surface area contributed by atoms with E-state index in [9.17, 15) is 0 Å². The molecule has 1 saturated heterocycles. The van der Waals surface area contributed by atoms with Gasteiger partial charge in [0.25, 0.3) is 0 Å². The van der Waals surface area contributed by atoms with Gasteiger partial charge in [-0.15, -0.1) is 0 Å². The Bertz CT molecular complexity index is 4060. The van der Waals surface area contributed by atoms with Crippen LogP contribution in [-0.2, 0) is 41.5 Å². The Morgan fingerprint density at radius 1 is 0.295 bits per heavy atom. The molecule has 4 aromatic heterocycles. The van der Waals surface area contributed by atoms with E-state index < -0.39 is 31.7 Å². The summed E-state index contributed by atoms with van der Waals surface area (Å²) < 4.78 is 5.94. The van der Waals surface area contributed by atoms with Gasteiger partial charge in [-0.05, 0) is 166 Å². The summed E-state index contributed by atoms with van der Waals surface area (Å²) in [6, 6.07) is 140. The molecule has 0 unspecified atom stereocenters. The molecule has 0 atom stereocenters. The molecule has 12 aromatic carbocycles. The third kappa shape index (κ3) is 32.4. The maximum Gasteiger partial charge on any atom is -0.0134 e.